The van der Waals surface area contributed by atoms with Crippen molar-refractivity contribution in [2.75, 3.05) is 12.0 Å². The predicted molar refractivity (Wildman–Crippen MR) is 45.7 cm³/mol. The van der Waals surface area contributed by atoms with Gasteiger partial charge in [0.1, 0.15) is 0 Å². The second-order valence-electron chi connectivity index (χ2n) is 1.15. The van der Waals surface area contributed by atoms with E-state index in [0.29, 0.717) is 0 Å². The Morgan fingerprint density at radius 1 is 1.33 bits per heavy atom. The van der Waals surface area contributed by atoms with Crippen molar-refractivity contribution in [3.05, 3.63) is 0 Å². The van der Waals surface area contributed by atoms with Crippen LogP contribution >= 0.6 is 20.4 Å². The molecular weight excluding hydrogens is 235 g/mol. The summed E-state index contributed by atoms with van der Waals surface area (Å²) >= 11 is -1.13. The summed E-state index contributed by atoms with van der Waals surface area (Å²) < 4.78 is 6.07. The summed E-state index contributed by atoms with van der Waals surface area (Å²) in [4.78, 5) is 2.11. The number of rotatable bonds is 5. The van der Waals surface area contributed by atoms with Gasteiger partial charge in [0.15, 0.2) is 0 Å². The van der Waals surface area contributed by atoms with E-state index < -0.39 is 20.4 Å². The minimum atomic E-state index is -1.13. The number of hydrazine groups is 4. The van der Waals surface area contributed by atoms with Gasteiger partial charge in [0.05, 0.1) is 0 Å². The van der Waals surface area contributed by atoms with Crippen molar-refractivity contribution < 1.29 is 0 Å². The fourth-order valence-electron chi connectivity index (χ4n) is 0.178. The molecule has 0 aromatic rings. The Balaban J connectivity index is 2.88. The van der Waals surface area contributed by atoms with Crippen LogP contribution in [0.2, 0.25) is 0 Å². The molecule has 0 bridgehead atoms. The summed E-state index contributed by atoms with van der Waals surface area (Å²) in [5.41, 5.74) is 7.36. The normalized spacial score (nSPS) is 11.7. The van der Waals surface area contributed by atoms with Gasteiger partial charge in [-0.3, -0.25) is 0 Å². The molecule has 0 amide bonds. The van der Waals surface area contributed by atoms with Crippen LogP contribution in [0.4, 0.5) is 0 Å². The molecule has 0 unspecified atom stereocenters. The zero-order valence-electron chi connectivity index (χ0n) is 5.46. The Labute approximate surface area is 62.3 Å². The number of nitrogens with two attached hydrogens (primary N) is 1. The van der Waals surface area contributed by atoms with Crippen LogP contribution in [-0.4, -0.2) is 12.0 Å². The molecule has 0 saturated carbocycles. The third-order valence-electron chi connectivity index (χ3n) is 0.607. The molecule has 0 aliphatic heterocycles. The number of nitrogens with one attached hydrogen (secondary N) is 5. The van der Waals surface area contributed by atoms with Crippen LogP contribution in [0.5, 0.6) is 0 Å². The zero-order valence-corrected chi connectivity index (χ0v) is 7.61. The summed E-state index contributed by atoms with van der Waals surface area (Å²) in [5.74, 6) is 4.89. The van der Waals surface area contributed by atoms with Crippen LogP contribution in [0, 0.1) is 0 Å². The maximum atomic E-state index is 4.89. The first-order chi connectivity index (χ1) is 4.31. The molecule has 0 aromatic carbocycles. The predicted octanol–water partition coefficient (Wildman–Crippen LogP) is -1.85. The number of alkyl halides is 1. The van der Waals surface area contributed by atoms with Crippen molar-refractivity contribution in [3.63, 3.8) is 0 Å². The Bertz CT molecular complexity index is 59.0. The summed E-state index contributed by atoms with van der Waals surface area (Å²) in [7, 11) is 1.91. The maximum absolute atomic E-state index is 4.89. The van der Waals surface area contributed by atoms with Gasteiger partial charge in [-0.1, -0.05) is 0 Å². The molecule has 7 N–H and O–H groups in total. The average Bonchev–Trinajstić information content (AvgIpc) is 1.89. The van der Waals surface area contributed by atoms with Crippen LogP contribution in [0.1, 0.15) is 0 Å². The van der Waals surface area contributed by atoms with Crippen molar-refractivity contribution in [1.82, 2.24) is 23.8 Å². The van der Waals surface area contributed by atoms with Gasteiger partial charge in [-0.25, -0.2) is 0 Å². The van der Waals surface area contributed by atoms with Crippen LogP contribution in [0.3, 0.4) is 0 Å². The van der Waals surface area contributed by atoms with Crippen LogP contribution in [0.25, 0.3) is 0 Å². The molecule has 58 valence electrons. The third kappa shape index (κ3) is 6.37. The Morgan fingerprint density at radius 3 is 2.44 bits per heavy atom. The summed E-state index contributed by atoms with van der Waals surface area (Å²) in [6.45, 7) is 0. The van der Waals surface area contributed by atoms with E-state index in [9.17, 15) is 0 Å². The first kappa shape index (κ1) is 9.49. The van der Waals surface area contributed by atoms with Gasteiger partial charge in [0.25, 0.3) is 0 Å². The third-order valence-corrected chi connectivity index (χ3v) is 3.30. The van der Waals surface area contributed by atoms with Crippen LogP contribution < -0.4 is 29.6 Å². The quantitative estimate of drug-likeness (QED) is 0.0855. The number of halogens is 1. The van der Waals surface area contributed by atoms with Gasteiger partial charge in [0, 0.05) is 0 Å². The molecule has 6 nitrogen and oxygen atoms in total. The Morgan fingerprint density at radius 2 is 2.00 bits per heavy atom. The SMILES string of the molecule is CNI(C)NNNNN. The van der Waals surface area contributed by atoms with E-state index in [4.69, 9.17) is 5.84 Å². The standard InChI is InChI=1S/C2H13IN6/c1-3(5-2)6-8-9-7-4/h5-9H,4H2,1-2H3. The van der Waals surface area contributed by atoms with E-state index in [2.05, 4.69) is 28.7 Å². The molecule has 0 rings (SSSR count). The second kappa shape index (κ2) is 6.61. The van der Waals surface area contributed by atoms with E-state index >= 15 is 0 Å². The monoisotopic (exact) mass is 248 g/mol. The zero-order chi connectivity index (χ0) is 7.11. The van der Waals surface area contributed by atoms with Crippen molar-refractivity contribution in [1.29, 1.82) is 0 Å². The van der Waals surface area contributed by atoms with Gasteiger partial charge in [-0.15, -0.1) is 0 Å². The van der Waals surface area contributed by atoms with Gasteiger partial charge >= 0.3 is 62.0 Å². The van der Waals surface area contributed by atoms with E-state index in [1.54, 1.807) is 0 Å². The molecule has 0 fully saturated rings. The van der Waals surface area contributed by atoms with E-state index in [1.807, 2.05) is 7.05 Å². The topological polar surface area (TPSA) is 86.2 Å². The van der Waals surface area contributed by atoms with Crippen LogP contribution in [-0.2, 0) is 0 Å². The number of hydrogen-bond acceptors (Lipinski definition) is 6. The van der Waals surface area contributed by atoms with Gasteiger partial charge in [-0.05, 0) is 0 Å². The van der Waals surface area contributed by atoms with E-state index in [1.165, 1.54) is 0 Å². The van der Waals surface area contributed by atoms with Gasteiger partial charge in [-0.2, -0.15) is 0 Å². The molecule has 0 saturated heterocycles. The summed E-state index contributed by atoms with van der Waals surface area (Å²) in [6.07, 6.45) is 0. The Kier molecular flexibility index (Phi) is 6.97. The van der Waals surface area contributed by atoms with E-state index in [-0.39, 0.29) is 0 Å². The van der Waals surface area contributed by atoms with Crippen LogP contribution in [0.15, 0.2) is 0 Å². The first-order valence-electron chi connectivity index (χ1n) is 2.29. The molecule has 0 aromatic heterocycles. The molecule has 0 aliphatic rings. The van der Waals surface area contributed by atoms with Gasteiger partial charge < -0.3 is 0 Å². The summed E-state index contributed by atoms with van der Waals surface area (Å²) in [6, 6.07) is 0. The van der Waals surface area contributed by atoms with Crippen molar-refractivity contribution >= 4 is 20.4 Å². The molecule has 0 radical (unpaired) electrons. The number of hydrogen-bond donors (Lipinski definition) is 6. The fourth-order valence-corrected chi connectivity index (χ4v) is 0.987. The van der Waals surface area contributed by atoms with Crippen molar-refractivity contribution in [2.45, 2.75) is 0 Å². The molecule has 7 heteroatoms. The molecule has 0 heterocycles. The molecule has 0 atom stereocenters. The Hall–Kier alpha value is 0.490. The summed E-state index contributed by atoms with van der Waals surface area (Å²) in [5, 5.41) is 0. The molecule has 0 aliphatic carbocycles. The van der Waals surface area contributed by atoms with E-state index in [0.717, 1.165) is 0 Å². The first-order valence-corrected chi connectivity index (χ1v) is 6.61. The molecular formula is C2H13IN6. The molecule has 9 heavy (non-hydrogen) atoms. The molecule has 0 spiro atoms. The average molecular weight is 248 g/mol. The van der Waals surface area contributed by atoms with Gasteiger partial charge in [0.2, 0.25) is 0 Å². The second-order valence-corrected chi connectivity index (χ2v) is 5.47. The minimum absolute atomic E-state index is 1.13. The van der Waals surface area contributed by atoms with Crippen molar-refractivity contribution in [2.24, 2.45) is 5.84 Å². The fraction of sp³-hybridized carbons (Fsp3) is 1.00. The van der Waals surface area contributed by atoms with Crippen molar-refractivity contribution in [3.8, 4) is 0 Å².